The molecule has 0 aliphatic carbocycles. The maximum absolute atomic E-state index is 12.2. The van der Waals surface area contributed by atoms with Crippen LogP contribution in [0.25, 0.3) is 10.9 Å². The van der Waals surface area contributed by atoms with Crippen LogP contribution in [0.3, 0.4) is 0 Å². The van der Waals surface area contributed by atoms with Crippen LogP contribution in [-0.2, 0) is 16.6 Å². The van der Waals surface area contributed by atoms with E-state index in [9.17, 15) is 14.7 Å². The molecule has 0 fully saturated rings. The summed E-state index contributed by atoms with van der Waals surface area (Å²) in [4.78, 5) is 24.4. The van der Waals surface area contributed by atoms with Crippen molar-refractivity contribution in [1.82, 2.24) is 9.88 Å². The van der Waals surface area contributed by atoms with Gasteiger partial charge in [-0.05, 0) is 18.2 Å². The van der Waals surface area contributed by atoms with Gasteiger partial charge in [-0.1, -0.05) is 18.2 Å². The minimum atomic E-state index is -0.954. The maximum Gasteiger partial charge on any atom is 0.313 e. The molecule has 0 radical (unpaired) electrons. The average Bonchev–Trinajstić information content (AvgIpc) is 3.08. The van der Waals surface area contributed by atoms with Crippen molar-refractivity contribution in [2.24, 2.45) is 7.05 Å². The third kappa shape index (κ3) is 4.33. The lowest BCUT2D eigenvalue weighted by Crippen LogP contribution is -2.37. The molecule has 29 heavy (non-hydrogen) atoms. The number of para-hydroxylation sites is 1. The van der Waals surface area contributed by atoms with Crippen LogP contribution in [0.15, 0.2) is 48.7 Å². The van der Waals surface area contributed by atoms with Gasteiger partial charge in [-0.3, -0.25) is 9.59 Å². The Morgan fingerprint density at radius 2 is 1.86 bits per heavy atom. The molecule has 0 saturated heterocycles. The number of carbonyl (C=O) groups is 2. The van der Waals surface area contributed by atoms with E-state index in [0.717, 1.165) is 10.9 Å². The molecule has 0 aliphatic heterocycles. The fraction of sp³-hybridized carbons (Fsp3) is 0.238. The molecule has 1 aromatic heterocycles. The molecule has 3 rings (SSSR count). The number of hydrogen-bond donors (Lipinski definition) is 3. The molecule has 0 spiro atoms. The van der Waals surface area contributed by atoms with Crippen LogP contribution in [0.5, 0.6) is 11.5 Å². The lowest BCUT2D eigenvalue weighted by molar-refractivity contribution is -0.136. The van der Waals surface area contributed by atoms with Crippen LogP contribution in [0, 0.1) is 0 Å². The fourth-order valence-electron chi connectivity index (χ4n) is 3.11. The topological polar surface area (TPSA) is 102 Å². The number of methoxy groups -OCH3 is 2. The zero-order chi connectivity index (χ0) is 21.0. The van der Waals surface area contributed by atoms with Gasteiger partial charge in [0.25, 0.3) is 0 Å². The Kier molecular flexibility index (Phi) is 6.04. The molecule has 2 aromatic carbocycles. The predicted octanol–water partition coefficient (Wildman–Crippen LogP) is 1.98. The number of aliphatic hydroxyl groups excluding tert-OH is 1. The van der Waals surface area contributed by atoms with Crippen LogP contribution in [0.4, 0.5) is 5.69 Å². The van der Waals surface area contributed by atoms with Gasteiger partial charge in [-0.2, -0.15) is 0 Å². The normalized spacial score (nSPS) is 11.7. The summed E-state index contributed by atoms with van der Waals surface area (Å²) in [5.41, 5.74) is 1.95. The number of carbonyl (C=O) groups excluding carboxylic acids is 2. The lowest BCUT2D eigenvalue weighted by atomic mass is 10.1. The Hall–Kier alpha value is -3.52. The van der Waals surface area contributed by atoms with Gasteiger partial charge in [0, 0.05) is 42.3 Å². The van der Waals surface area contributed by atoms with E-state index < -0.39 is 17.9 Å². The number of hydrogen-bond acceptors (Lipinski definition) is 5. The molecule has 8 nitrogen and oxygen atoms in total. The molecule has 2 amide bonds. The molecule has 0 bridgehead atoms. The van der Waals surface area contributed by atoms with E-state index in [1.165, 1.54) is 14.2 Å². The highest BCUT2D eigenvalue weighted by atomic mass is 16.5. The van der Waals surface area contributed by atoms with E-state index in [1.54, 1.807) is 18.2 Å². The number of ether oxygens (including phenoxy) is 2. The van der Waals surface area contributed by atoms with Gasteiger partial charge < -0.3 is 29.8 Å². The van der Waals surface area contributed by atoms with Crippen LogP contribution < -0.4 is 20.1 Å². The molecular formula is C21H23N3O5. The summed E-state index contributed by atoms with van der Waals surface area (Å²) in [7, 11) is 4.83. The zero-order valence-electron chi connectivity index (χ0n) is 16.4. The Bertz CT molecular complexity index is 1040. The van der Waals surface area contributed by atoms with Crippen LogP contribution in [0.1, 0.15) is 11.7 Å². The monoisotopic (exact) mass is 397 g/mol. The number of anilines is 1. The standard InChI is InChI=1S/C21H23N3O5/c1-24-12-15(14-6-4-5-7-17(14)24)18(25)11-22-20(26)21(27)23-16-10-13(28-2)8-9-19(16)29-3/h4-10,12,18,25H,11H2,1-3H3,(H,22,26)(H,23,27). The second-order valence-electron chi connectivity index (χ2n) is 6.46. The molecular weight excluding hydrogens is 374 g/mol. The summed E-state index contributed by atoms with van der Waals surface area (Å²) in [6.07, 6.45) is 0.854. The molecule has 1 atom stereocenters. The third-order valence-electron chi connectivity index (χ3n) is 4.60. The van der Waals surface area contributed by atoms with Gasteiger partial charge in [-0.25, -0.2) is 0 Å². The number of rotatable bonds is 6. The van der Waals surface area contributed by atoms with Crippen molar-refractivity contribution in [1.29, 1.82) is 0 Å². The number of benzene rings is 2. The van der Waals surface area contributed by atoms with Gasteiger partial charge in [-0.15, -0.1) is 0 Å². The largest absolute Gasteiger partial charge is 0.497 e. The van der Waals surface area contributed by atoms with E-state index in [2.05, 4.69) is 10.6 Å². The van der Waals surface area contributed by atoms with Gasteiger partial charge in [0.1, 0.15) is 11.5 Å². The van der Waals surface area contributed by atoms with E-state index >= 15 is 0 Å². The van der Waals surface area contributed by atoms with Gasteiger partial charge in [0.2, 0.25) is 0 Å². The Morgan fingerprint density at radius 3 is 2.59 bits per heavy atom. The minimum absolute atomic E-state index is 0.102. The highest BCUT2D eigenvalue weighted by molar-refractivity contribution is 6.39. The van der Waals surface area contributed by atoms with E-state index in [0.29, 0.717) is 22.7 Å². The lowest BCUT2D eigenvalue weighted by Gasteiger charge is -2.13. The molecule has 0 aliphatic rings. The maximum atomic E-state index is 12.2. The van der Waals surface area contributed by atoms with Crippen LogP contribution in [0.2, 0.25) is 0 Å². The average molecular weight is 397 g/mol. The van der Waals surface area contributed by atoms with Gasteiger partial charge in [0.15, 0.2) is 0 Å². The third-order valence-corrected chi connectivity index (χ3v) is 4.60. The van der Waals surface area contributed by atoms with Crippen molar-refractivity contribution >= 4 is 28.4 Å². The van der Waals surface area contributed by atoms with Gasteiger partial charge >= 0.3 is 11.8 Å². The molecule has 0 saturated carbocycles. The first-order valence-electron chi connectivity index (χ1n) is 8.97. The SMILES string of the molecule is COc1ccc(OC)c(NC(=O)C(=O)NCC(O)c2cn(C)c3ccccc23)c1. The Balaban J connectivity index is 1.65. The smallest absolute Gasteiger partial charge is 0.313 e. The Labute approximate surface area is 168 Å². The fourth-order valence-corrected chi connectivity index (χ4v) is 3.11. The highest BCUT2D eigenvalue weighted by Gasteiger charge is 2.20. The minimum Gasteiger partial charge on any atom is -0.497 e. The summed E-state index contributed by atoms with van der Waals surface area (Å²) in [6, 6.07) is 12.5. The summed E-state index contributed by atoms with van der Waals surface area (Å²) < 4.78 is 12.2. The second-order valence-corrected chi connectivity index (χ2v) is 6.46. The second kappa shape index (κ2) is 8.66. The summed E-state index contributed by atoms with van der Waals surface area (Å²) in [5, 5.41) is 16.3. The molecule has 8 heteroatoms. The van der Waals surface area contributed by atoms with Crippen molar-refractivity contribution in [3.8, 4) is 11.5 Å². The van der Waals surface area contributed by atoms with E-state index in [4.69, 9.17) is 9.47 Å². The van der Waals surface area contributed by atoms with Crippen molar-refractivity contribution in [2.45, 2.75) is 6.10 Å². The predicted molar refractivity (Wildman–Crippen MR) is 109 cm³/mol. The summed E-state index contributed by atoms with van der Waals surface area (Å²) >= 11 is 0. The zero-order valence-corrected chi connectivity index (χ0v) is 16.4. The number of aryl methyl sites for hydroxylation is 1. The number of aromatic nitrogens is 1. The molecule has 1 unspecified atom stereocenters. The molecule has 3 N–H and O–H groups in total. The molecule has 3 aromatic rings. The van der Waals surface area contributed by atoms with E-state index in [1.807, 2.05) is 42.1 Å². The van der Waals surface area contributed by atoms with Crippen molar-refractivity contribution in [3.63, 3.8) is 0 Å². The Morgan fingerprint density at radius 1 is 1.10 bits per heavy atom. The molecule has 152 valence electrons. The van der Waals surface area contributed by atoms with Crippen molar-refractivity contribution in [2.75, 3.05) is 26.1 Å². The van der Waals surface area contributed by atoms with Crippen LogP contribution >= 0.6 is 0 Å². The quantitative estimate of drug-likeness (QED) is 0.552. The first-order chi connectivity index (χ1) is 13.9. The number of fused-ring (bicyclic) bond motifs is 1. The number of aliphatic hydroxyl groups is 1. The van der Waals surface area contributed by atoms with Gasteiger partial charge in [0.05, 0.1) is 26.0 Å². The summed E-state index contributed by atoms with van der Waals surface area (Å²) in [6.45, 7) is -0.102. The molecule has 1 heterocycles. The first-order valence-corrected chi connectivity index (χ1v) is 8.97. The highest BCUT2D eigenvalue weighted by Crippen LogP contribution is 2.29. The van der Waals surface area contributed by atoms with E-state index in [-0.39, 0.29) is 6.54 Å². The van der Waals surface area contributed by atoms with Crippen LogP contribution in [-0.4, -0.2) is 42.3 Å². The summed E-state index contributed by atoms with van der Waals surface area (Å²) in [5.74, 6) is -0.841. The number of nitrogens with one attached hydrogen (secondary N) is 2. The first kappa shape index (κ1) is 20.2. The van der Waals surface area contributed by atoms with Crippen molar-refractivity contribution < 1.29 is 24.2 Å². The number of amides is 2. The number of nitrogens with zero attached hydrogens (tertiary/aromatic N) is 1. The van der Waals surface area contributed by atoms with Crippen molar-refractivity contribution in [3.05, 3.63) is 54.2 Å².